The highest BCUT2D eigenvalue weighted by Gasteiger charge is 2.21. The molecule has 2 rings (SSSR count). The van der Waals surface area contributed by atoms with Gasteiger partial charge in [0.25, 0.3) is 0 Å². The third-order valence-electron chi connectivity index (χ3n) is 2.60. The van der Waals surface area contributed by atoms with Gasteiger partial charge in [-0.2, -0.15) is 0 Å². The number of nitrogens with zero attached hydrogens (tertiary/aromatic N) is 2. The Bertz CT molecular complexity index is 676. The molecule has 0 bridgehead atoms. The Kier molecular flexibility index (Phi) is 4.08. The Morgan fingerprint density at radius 1 is 1.37 bits per heavy atom. The maximum absolute atomic E-state index is 6.15. The maximum atomic E-state index is 6.15. The number of H-pyrrole nitrogens is 1. The van der Waals surface area contributed by atoms with Gasteiger partial charge < -0.3 is 4.98 Å². The van der Waals surface area contributed by atoms with Crippen LogP contribution in [-0.2, 0) is 5.41 Å². The molecular formula is C13H13BrClN3S. The van der Waals surface area contributed by atoms with Crippen molar-refractivity contribution in [1.29, 1.82) is 0 Å². The zero-order valence-corrected chi connectivity index (χ0v) is 13.9. The van der Waals surface area contributed by atoms with Gasteiger partial charge in [0.15, 0.2) is 5.82 Å². The maximum Gasteiger partial charge on any atom is 0.159 e. The van der Waals surface area contributed by atoms with Gasteiger partial charge in [-0.05, 0) is 28.1 Å². The van der Waals surface area contributed by atoms with E-state index in [9.17, 15) is 0 Å². The molecule has 0 saturated heterocycles. The summed E-state index contributed by atoms with van der Waals surface area (Å²) in [5.41, 5.74) is 1.49. The van der Waals surface area contributed by atoms with Crippen molar-refractivity contribution in [2.75, 3.05) is 0 Å². The number of aromatic amines is 1. The Hall–Kier alpha value is -0.780. The molecule has 1 N–H and O–H groups in total. The van der Waals surface area contributed by atoms with Gasteiger partial charge >= 0.3 is 0 Å². The standard InChI is InChI=1S/C13H13BrClN3S/c1-13(2,3)10-8(14)12(19)18-11(17-10)9-7(15)5-4-6-16-9/h4-6H,1-3H3,(H,17,18,19). The molecule has 0 unspecified atom stereocenters. The summed E-state index contributed by atoms with van der Waals surface area (Å²) >= 11 is 14.9. The summed E-state index contributed by atoms with van der Waals surface area (Å²) in [4.78, 5) is 11.9. The molecule has 0 aliphatic rings. The van der Waals surface area contributed by atoms with Crippen molar-refractivity contribution in [3.8, 4) is 11.5 Å². The quantitative estimate of drug-likeness (QED) is 0.736. The van der Waals surface area contributed by atoms with Crippen molar-refractivity contribution in [3.63, 3.8) is 0 Å². The highest BCUT2D eigenvalue weighted by molar-refractivity contribution is 9.10. The fraction of sp³-hybridized carbons (Fsp3) is 0.308. The Balaban J connectivity index is 2.71. The predicted molar refractivity (Wildman–Crippen MR) is 84.1 cm³/mol. The van der Waals surface area contributed by atoms with Gasteiger partial charge in [0.05, 0.1) is 9.50 Å². The number of hydrogen-bond donors (Lipinski definition) is 1. The number of halogens is 2. The van der Waals surface area contributed by atoms with Crippen LogP contribution < -0.4 is 0 Å². The number of rotatable bonds is 1. The molecule has 2 aromatic rings. The molecule has 2 aromatic heterocycles. The van der Waals surface area contributed by atoms with Crippen LogP contribution in [0.1, 0.15) is 26.5 Å². The summed E-state index contributed by atoms with van der Waals surface area (Å²) in [6, 6.07) is 3.56. The van der Waals surface area contributed by atoms with E-state index in [1.54, 1.807) is 18.3 Å². The number of hydrogen-bond acceptors (Lipinski definition) is 3. The van der Waals surface area contributed by atoms with Crippen molar-refractivity contribution < 1.29 is 0 Å². The molecule has 19 heavy (non-hydrogen) atoms. The molecule has 0 aliphatic heterocycles. The van der Waals surface area contributed by atoms with Crippen molar-refractivity contribution in [1.82, 2.24) is 15.0 Å². The molecule has 6 heteroatoms. The number of pyridine rings is 1. The van der Waals surface area contributed by atoms with Crippen LogP contribution >= 0.6 is 39.7 Å². The van der Waals surface area contributed by atoms with Gasteiger partial charge in [0, 0.05) is 17.3 Å². The summed E-state index contributed by atoms with van der Waals surface area (Å²) in [7, 11) is 0. The first-order chi connectivity index (χ1) is 8.80. The van der Waals surface area contributed by atoms with Gasteiger partial charge in [-0.3, -0.25) is 4.98 Å². The first-order valence-electron chi connectivity index (χ1n) is 5.72. The predicted octanol–water partition coefficient (Wildman–Crippen LogP) is 4.91. The average molecular weight is 359 g/mol. The van der Waals surface area contributed by atoms with Gasteiger partial charge in [0.1, 0.15) is 10.3 Å². The summed E-state index contributed by atoms with van der Waals surface area (Å²) < 4.78 is 1.31. The van der Waals surface area contributed by atoms with E-state index in [0.29, 0.717) is 21.2 Å². The first-order valence-corrected chi connectivity index (χ1v) is 7.30. The van der Waals surface area contributed by atoms with Crippen LogP contribution in [0.3, 0.4) is 0 Å². The third kappa shape index (κ3) is 3.04. The largest absolute Gasteiger partial charge is 0.340 e. The van der Waals surface area contributed by atoms with Crippen molar-refractivity contribution in [3.05, 3.63) is 38.2 Å². The zero-order valence-electron chi connectivity index (χ0n) is 10.8. The lowest BCUT2D eigenvalue weighted by Gasteiger charge is -2.21. The van der Waals surface area contributed by atoms with Gasteiger partial charge in [-0.1, -0.05) is 44.6 Å². The fourth-order valence-electron chi connectivity index (χ4n) is 1.65. The highest BCUT2D eigenvalue weighted by Crippen LogP contribution is 2.31. The van der Waals surface area contributed by atoms with Crippen LogP contribution in [0.25, 0.3) is 11.5 Å². The first kappa shape index (κ1) is 14.6. The average Bonchev–Trinajstić information content (AvgIpc) is 2.31. The smallest absolute Gasteiger partial charge is 0.159 e. The zero-order chi connectivity index (χ0) is 14.2. The Labute approximate surface area is 130 Å². The van der Waals surface area contributed by atoms with Crippen LogP contribution in [0.2, 0.25) is 5.02 Å². The molecule has 0 aromatic carbocycles. The van der Waals surface area contributed by atoms with Crippen molar-refractivity contribution >= 4 is 39.7 Å². The van der Waals surface area contributed by atoms with Crippen molar-refractivity contribution in [2.24, 2.45) is 0 Å². The summed E-state index contributed by atoms with van der Waals surface area (Å²) in [5, 5.41) is 0.544. The molecule has 0 aliphatic carbocycles. The van der Waals surface area contributed by atoms with Crippen LogP contribution in [0, 0.1) is 4.64 Å². The molecule has 100 valence electrons. The van der Waals surface area contributed by atoms with Crippen LogP contribution in [0.4, 0.5) is 0 Å². The lowest BCUT2D eigenvalue weighted by atomic mass is 9.92. The Morgan fingerprint density at radius 2 is 2.05 bits per heavy atom. The monoisotopic (exact) mass is 357 g/mol. The third-order valence-corrected chi connectivity index (χ3v) is 4.23. The lowest BCUT2D eigenvalue weighted by Crippen LogP contribution is -2.16. The molecule has 3 nitrogen and oxygen atoms in total. The lowest BCUT2D eigenvalue weighted by molar-refractivity contribution is 0.563. The van der Waals surface area contributed by atoms with Crippen LogP contribution in [0.5, 0.6) is 0 Å². The molecule has 0 fully saturated rings. The highest BCUT2D eigenvalue weighted by atomic mass is 79.9. The summed E-state index contributed by atoms with van der Waals surface area (Å²) in [6.07, 6.45) is 1.68. The second kappa shape index (κ2) is 5.31. The van der Waals surface area contributed by atoms with Gasteiger partial charge in [-0.15, -0.1) is 0 Å². The molecule has 0 amide bonds. The molecule has 0 radical (unpaired) electrons. The van der Waals surface area contributed by atoms with E-state index in [-0.39, 0.29) is 5.41 Å². The normalized spacial score (nSPS) is 11.6. The number of nitrogens with one attached hydrogen (secondary N) is 1. The van der Waals surface area contributed by atoms with Crippen LogP contribution in [-0.4, -0.2) is 15.0 Å². The van der Waals surface area contributed by atoms with Gasteiger partial charge in [0.2, 0.25) is 0 Å². The van der Waals surface area contributed by atoms with E-state index in [1.807, 2.05) is 0 Å². The summed E-state index contributed by atoms with van der Waals surface area (Å²) in [6.45, 7) is 6.30. The van der Waals surface area contributed by atoms with Gasteiger partial charge in [-0.25, -0.2) is 4.98 Å². The molecule has 0 atom stereocenters. The molecule has 0 saturated carbocycles. The van der Waals surface area contributed by atoms with Crippen LogP contribution in [0.15, 0.2) is 22.8 Å². The minimum absolute atomic E-state index is 0.0919. The summed E-state index contributed by atoms with van der Waals surface area (Å²) in [5.74, 6) is 0.587. The minimum atomic E-state index is -0.0919. The van der Waals surface area contributed by atoms with E-state index in [4.69, 9.17) is 23.8 Å². The topological polar surface area (TPSA) is 41.6 Å². The fourth-order valence-corrected chi connectivity index (χ4v) is 2.83. The van der Waals surface area contributed by atoms with E-state index in [1.165, 1.54) is 0 Å². The van der Waals surface area contributed by atoms with E-state index in [0.717, 1.165) is 10.2 Å². The molecular weight excluding hydrogens is 346 g/mol. The molecule has 2 heterocycles. The molecule has 0 spiro atoms. The van der Waals surface area contributed by atoms with E-state index in [2.05, 4.69) is 51.7 Å². The van der Waals surface area contributed by atoms with Crippen molar-refractivity contribution in [2.45, 2.75) is 26.2 Å². The Morgan fingerprint density at radius 3 is 2.63 bits per heavy atom. The van der Waals surface area contributed by atoms with E-state index < -0.39 is 0 Å². The number of aromatic nitrogens is 3. The SMILES string of the molecule is CC(C)(C)c1[nH]c(-c2ncccc2Cl)nc(=S)c1Br. The second-order valence-electron chi connectivity index (χ2n) is 5.16. The second-order valence-corrected chi connectivity index (χ2v) is 6.75. The van der Waals surface area contributed by atoms with E-state index >= 15 is 0 Å². The minimum Gasteiger partial charge on any atom is -0.340 e.